The fourth-order valence-corrected chi connectivity index (χ4v) is 2.55. The van der Waals surface area contributed by atoms with Crippen molar-refractivity contribution in [3.63, 3.8) is 0 Å². The van der Waals surface area contributed by atoms with Crippen LogP contribution in [0.25, 0.3) is 0 Å². The standard InChI is InChI=1S/C13H17ClN2O/c1-9(15)13(17)16-7-3-6-12(16)10-4-2-5-11(14)8-10/h2,4-5,8-9,12H,3,6-7,15H2,1H3. The SMILES string of the molecule is CC(N)C(=O)N1CCCC1c1cccc(Cl)c1. The average Bonchev–Trinajstić information content (AvgIpc) is 2.76. The molecule has 3 nitrogen and oxygen atoms in total. The van der Waals surface area contributed by atoms with E-state index in [1.165, 1.54) is 0 Å². The zero-order chi connectivity index (χ0) is 12.4. The van der Waals surface area contributed by atoms with Crippen LogP contribution in [0.15, 0.2) is 24.3 Å². The summed E-state index contributed by atoms with van der Waals surface area (Å²) < 4.78 is 0. The van der Waals surface area contributed by atoms with Gasteiger partial charge in [0.2, 0.25) is 5.91 Å². The van der Waals surface area contributed by atoms with E-state index in [4.69, 9.17) is 17.3 Å². The minimum Gasteiger partial charge on any atom is -0.334 e. The molecule has 0 spiro atoms. The zero-order valence-corrected chi connectivity index (χ0v) is 10.7. The van der Waals surface area contributed by atoms with Gasteiger partial charge in [0.25, 0.3) is 0 Å². The number of amides is 1. The van der Waals surface area contributed by atoms with E-state index in [9.17, 15) is 4.79 Å². The highest BCUT2D eigenvalue weighted by Crippen LogP contribution is 2.33. The van der Waals surface area contributed by atoms with Crippen LogP contribution in [0.4, 0.5) is 0 Å². The van der Waals surface area contributed by atoms with Crippen LogP contribution in [0.1, 0.15) is 31.4 Å². The molecule has 0 aromatic heterocycles. The van der Waals surface area contributed by atoms with E-state index in [1.54, 1.807) is 6.92 Å². The van der Waals surface area contributed by atoms with E-state index >= 15 is 0 Å². The minimum atomic E-state index is -0.435. The van der Waals surface area contributed by atoms with Gasteiger partial charge in [0, 0.05) is 11.6 Å². The van der Waals surface area contributed by atoms with Gasteiger partial charge in [-0.3, -0.25) is 4.79 Å². The molecule has 1 amide bonds. The number of carbonyl (C=O) groups is 1. The molecule has 2 rings (SSSR count). The molecule has 1 aromatic carbocycles. The summed E-state index contributed by atoms with van der Waals surface area (Å²) in [6.45, 7) is 2.52. The number of nitrogens with zero attached hydrogens (tertiary/aromatic N) is 1. The maximum Gasteiger partial charge on any atom is 0.239 e. The summed E-state index contributed by atoms with van der Waals surface area (Å²) in [5.41, 5.74) is 6.77. The Morgan fingerprint density at radius 3 is 3.00 bits per heavy atom. The first-order valence-electron chi connectivity index (χ1n) is 5.91. The van der Waals surface area contributed by atoms with Gasteiger partial charge in [0.05, 0.1) is 12.1 Å². The number of carbonyl (C=O) groups excluding carboxylic acids is 1. The third-order valence-corrected chi connectivity index (χ3v) is 3.39. The van der Waals surface area contributed by atoms with Gasteiger partial charge in [-0.25, -0.2) is 0 Å². The minimum absolute atomic E-state index is 0.0208. The van der Waals surface area contributed by atoms with Crippen LogP contribution in [-0.2, 0) is 4.79 Å². The molecule has 92 valence electrons. The largest absolute Gasteiger partial charge is 0.334 e. The van der Waals surface area contributed by atoms with Crippen LogP contribution in [0.2, 0.25) is 5.02 Å². The van der Waals surface area contributed by atoms with E-state index in [1.807, 2.05) is 29.2 Å². The Morgan fingerprint density at radius 2 is 2.35 bits per heavy atom. The van der Waals surface area contributed by atoms with Crippen molar-refractivity contribution >= 4 is 17.5 Å². The molecule has 0 radical (unpaired) electrons. The Morgan fingerprint density at radius 1 is 1.59 bits per heavy atom. The second kappa shape index (κ2) is 5.07. The number of rotatable bonds is 2. The third-order valence-electron chi connectivity index (χ3n) is 3.16. The highest BCUT2D eigenvalue weighted by Gasteiger charge is 2.31. The van der Waals surface area contributed by atoms with Gasteiger partial charge < -0.3 is 10.6 Å². The van der Waals surface area contributed by atoms with Crippen LogP contribution < -0.4 is 5.73 Å². The molecule has 4 heteroatoms. The van der Waals surface area contributed by atoms with Crippen molar-refractivity contribution in [1.29, 1.82) is 0 Å². The number of likely N-dealkylation sites (tertiary alicyclic amines) is 1. The summed E-state index contributed by atoms with van der Waals surface area (Å²) in [6.07, 6.45) is 2.01. The fourth-order valence-electron chi connectivity index (χ4n) is 2.35. The lowest BCUT2D eigenvalue weighted by Gasteiger charge is -2.26. The molecule has 1 aromatic rings. The van der Waals surface area contributed by atoms with Gasteiger partial charge in [0.15, 0.2) is 0 Å². The molecule has 0 bridgehead atoms. The third kappa shape index (κ3) is 2.61. The Hall–Kier alpha value is -1.06. The van der Waals surface area contributed by atoms with Gasteiger partial charge in [-0.05, 0) is 37.5 Å². The summed E-state index contributed by atoms with van der Waals surface area (Å²) in [5, 5.41) is 0.711. The Kier molecular flexibility index (Phi) is 3.69. The summed E-state index contributed by atoms with van der Waals surface area (Å²) in [5.74, 6) is 0.0208. The maximum absolute atomic E-state index is 12.0. The number of hydrogen-bond donors (Lipinski definition) is 1. The smallest absolute Gasteiger partial charge is 0.239 e. The lowest BCUT2D eigenvalue weighted by Crippen LogP contribution is -2.41. The molecule has 2 N–H and O–H groups in total. The van der Waals surface area contributed by atoms with Gasteiger partial charge in [-0.15, -0.1) is 0 Å². The summed E-state index contributed by atoms with van der Waals surface area (Å²) in [6, 6.07) is 7.41. The summed E-state index contributed by atoms with van der Waals surface area (Å²) in [4.78, 5) is 13.9. The molecule has 1 fully saturated rings. The van der Waals surface area contributed by atoms with Crippen molar-refractivity contribution in [2.75, 3.05) is 6.54 Å². The zero-order valence-electron chi connectivity index (χ0n) is 9.90. The molecule has 1 aliphatic heterocycles. The predicted octanol–water partition coefficient (Wildman–Crippen LogP) is 2.35. The number of halogens is 1. The molecule has 2 unspecified atom stereocenters. The lowest BCUT2D eigenvalue weighted by molar-refractivity contribution is -0.133. The monoisotopic (exact) mass is 252 g/mol. The van der Waals surface area contributed by atoms with Crippen molar-refractivity contribution < 1.29 is 4.79 Å². The van der Waals surface area contributed by atoms with Crippen LogP contribution in [0.5, 0.6) is 0 Å². The van der Waals surface area contributed by atoms with Crippen LogP contribution >= 0.6 is 11.6 Å². The van der Waals surface area contributed by atoms with E-state index < -0.39 is 6.04 Å². The molecule has 1 aliphatic rings. The molecular formula is C13H17ClN2O. The molecule has 2 atom stereocenters. The molecule has 17 heavy (non-hydrogen) atoms. The van der Waals surface area contributed by atoms with Crippen molar-refractivity contribution in [2.45, 2.75) is 31.8 Å². The lowest BCUT2D eigenvalue weighted by atomic mass is 10.0. The molecule has 0 aliphatic carbocycles. The Balaban J connectivity index is 2.23. The average molecular weight is 253 g/mol. The Bertz CT molecular complexity index is 420. The van der Waals surface area contributed by atoms with Gasteiger partial charge in [-0.1, -0.05) is 23.7 Å². The first kappa shape index (κ1) is 12.4. The van der Waals surface area contributed by atoms with Crippen LogP contribution in [0, 0.1) is 0 Å². The highest BCUT2D eigenvalue weighted by atomic mass is 35.5. The van der Waals surface area contributed by atoms with E-state index in [-0.39, 0.29) is 11.9 Å². The van der Waals surface area contributed by atoms with E-state index in [2.05, 4.69) is 0 Å². The van der Waals surface area contributed by atoms with Gasteiger partial charge >= 0.3 is 0 Å². The molecule has 1 saturated heterocycles. The molecule has 0 saturated carbocycles. The van der Waals surface area contributed by atoms with Crippen molar-refractivity contribution in [3.8, 4) is 0 Å². The van der Waals surface area contributed by atoms with E-state index in [0.29, 0.717) is 5.02 Å². The number of hydrogen-bond acceptors (Lipinski definition) is 2. The van der Waals surface area contributed by atoms with Crippen molar-refractivity contribution in [3.05, 3.63) is 34.9 Å². The van der Waals surface area contributed by atoms with Crippen LogP contribution in [0.3, 0.4) is 0 Å². The first-order valence-corrected chi connectivity index (χ1v) is 6.29. The molecule has 1 heterocycles. The fraction of sp³-hybridized carbons (Fsp3) is 0.462. The summed E-state index contributed by atoms with van der Waals surface area (Å²) >= 11 is 5.98. The van der Waals surface area contributed by atoms with E-state index in [0.717, 1.165) is 24.9 Å². The number of benzene rings is 1. The quantitative estimate of drug-likeness (QED) is 0.878. The predicted molar refractivity (Wildman–Crippen MR) is 68.8 cm³/mol. The van der Waals surface area contributed by atoms with Crippen molar-refractivity contribution in [2.24, 2.45) is 5.73 Å². The molecular weight excluding hydrogens is 236 g/mol. The van der Waals surface area contributed by atoms with Gasteiger partial charge in [-0.2, -0.15) is 0 Å². The second-order valence-corrected chi connectivity index (χ2v) is 4.97. The highest BCUT2D eigenvalue weighted by molar-refractivity contribution is 6.30. The summed E-state index contributed by atoms with van der Waals surface area (Å²) in [7, 11) is 0. The number of nitrogens with two attached hydrogens (primary N) is 1. The maximum atomic E-state index is 12.0. The topological polar surface area (TPSA) is 46.3 Å². The van der Waals surface area contributed by atoms with Crippen LogP contribution in [-0.4, -0.2) is 23.4 Å². The second-order valence-electron chi connectivity index (χ2n) is 4.53. The van der Waals surface area contributed by atoms with Crippen molar-refractivity contribution in [1.82, 2.24) is 4.90 Å². The van der Waals surface area contributed by atoms with Gasteiger partial charge in [0.1, 0.15) is 0 Å². The normalized spacial score (nSPS) is 21.6. The Labute approximate surface area is 107 Å². The first-order chi connectivity index (χ1) is 8.09.